The Kier molecular flexibility index (Phi) is 1.92. The van der Waals surface area contributed by atoms with Crippen molar-refractivity contribution in [1.82, 2.24) is 15.0 Å². The maximum Gasteiger partial charge on any atom is 0.335 e. The summed E-state index contributed by atoms with van der Waals surface area (Å²) >= 11 is 0. The predicted molar refractivity (Wildman–Crippen MR) is 57.2 cm³/mol. The number of aromatic nitrogens is 3. The molecule has 1 aliphatic rings. The number of carboxylic acids is 1. The Morgan fingerprint density at radius 3 is 3.00 bits per heavy atom. The zero-order valence-corrected chi connectivity index (χ0v) is 8.63. The Labute approximate surface area is 91.7 Å². The van der Waals surface area contributed by atoms with Crippen molar-refractivity contribution in [3.05, 3.63) is 23.8 Å². The number of aromatic carboxylic acids is 1. The van der Waals surface area contributed by atoms with Crippen molar-refractivity contribution in [3.8, 4) is 0 Å². The summed E-state index contributed by atoms with van der Waals surface area (Å²) in [6.07, 6.45) is 2.47. The van der Waals surface area contributed by atoms with Crippen molar-refractivity contribution in [3.63, 3.8) is 0 Å². The summed E-state index contributed by atoms with van der Waals surface area (Å²) in [6.45, 7) is 0.847. The highest BCUT2D eigenvalue weighted by molar-refractivity contribution is 5.92. The van der Waals surface area contributed by atoms with Crippen LogP contribution in [-0.2, 0) is 6.54 Å². The molecule has 1 saturated carbocycles. The zero-order chi connectivity index (χ0) is 11.1. The van der Waals surface area contributed by atoms with Gasteiger partial charge >= 0.3 is 5.97 Å². The number of carboxylic acid groups (broad SMARTS) is 1. The van der Waals surface area contributed by atoms with Gasteiger partial charge in [-0.05, 0) is 37.0 Å². The summed E-state index contributed by atoms with van der Waals surface area (Å²) < 4.78 is 1.80. The number of carbonyl (C=O) groups is 1. The molecule has 0 aliphatic heterocycles. The number of benzene rings is 1. The average molecular weight is 217 g/mol. The van der Waals surface area contributed by atoms with E-state index in [1.165, 1.54) is 12.8 Å². The van der Waals surface area contributed by atoms with Crippen LogP contribution in [0.5, 0.6) is 0 Å². The first kappa shape index (κ1) is 9.33. The first-order valence-electron chi connectivity index (χ1n) is 5.30. The van der Waals surface area contributed by atoms with E-state index in [4.69, 9.17) is 5.11 Å². The zero-order valence-electron chi connectivity index (χ0n) is 8.63. The van der Waals surface area contributed by atoms with E-state index in [1.807, 2.05) is 0 Å². The van der Waals surface area contributed by atoms with E-state index in [0.29, 0.717) is 5.92 Å². The highest BCUT2D eigenvalue weighted by atomic mass is 16.4. The predicted octanol–water partition coefficient (Wildman–Crippen LogP) is 1.54. The third kappa shape index (κ3) is 1.54. The fraction of sp³-hybridized carbons (Fsp3) is 0.364. The summed E-state index contributed by atoms with van der Waals surface area (Å²) in [5, 5.41) is 17.0. The molecule has 16 heavy (non-hydrogen) atoms. The van der Waals surface area contributed by atoms with Gasteiger partial charge in [-0.25, -0.2) is 9.48 Å². The van der Waals surface area contributed by atoms with Gasteiger partial charge in [0.05, 0.1) is 11.1 Å². The minimum atomic E-state index is -0.916. The van der Waals surface area contributed by atoms with E-state index >= 15 is 0 Å². The molecule has 1 fully saturated rings. The summed E-state index contributed by atoms with van der Waals surface area (Å²) in [5.74, 6) is -0.223. The molecule has 1 aliphatic carbocycles. The third-order valence-corrected chi connectivity index (χ3v) is 2.89. The lowest BCUT2D eigenvalue weighted by atomic mass is 10.2. The molecule has 0 amide bonds. The van der Waals surface area contributed by atoms with Gasteiger partial charge in [-0.15, -0.1) is 5.10 Å². The minimum absolute atomic E-state index is 0.284. The van der Waals surface area contributed by atoms with E-state index in [2.05, 4.69) is 10.3 Å². The molecule has 0 bridgehead atoms. The van der Waals surface area contributed by atoms with Crippen molar-refractivity contribution in [1.29, 1.82) is 0 Å². The molecule has 82 valence electrons. The Hall–Kier alpha value is -1.91. The van der Waals surface area contributed by atoms with E-state index in [-0.39, 0.29) is 5.56 Å². The molecule has 1 aromatic carbocycles. The lowest BCUT2D eigenvalue weighted by molar-refractivity contribution is 0.0697. The van der Waals surface area contributed by atoms with E-state index in [9.17, 15) is 4.79 Å². The second kappa shape index (κ2) is 3.30. The van der Waals surface area contributed by atoms with Crippen LogP contribution in [0.15, 0.2) is 18.2 Å². The number of hydrogen-bond donors (Lipinski definition) is 1. The summed E-state index contributed by atoms with van der Waals surface area (Å²) in [5.41, 5.74) is 1.85. The first-order chi connectivity index (χ1) is 7.74. The molecule has 3 rings (SSSR count). The maximum atomic E-state index is 10.9. The SMILES string of the molecule is O=C(O)c1ccc2nnn(CC3CC3)c2c1. The van der Waals surface area contributed by atoms with Crippen LogP contribution < -0.4 is 0 Å². The van der Waals surface area contributed by atoms with Crippen LogP contribution in [-0.4, -0.2) is 26.1 Å². The fourth-order valence-electron chi connectivity index (χ4n) is 1.78. The molecule has 2 aromatic rings. The van der Waals surface area contributed by atoms with Crippen molar-refractivity contribution in [2.45, 2.75) is 19.4 Å². The van der Waals surface area contributed by atoms with E-state index in [0.717, 1.165) is 17.6 Å². The Morgan fingerprint density at radius 1 is 1.50 bits per heavy atom. The number of nitrogens with zero attached hydrogens (tertiary/aromatic N) is 3. The Balaban J connectivity index is 2.07. The molecular formula is C11H11N3O2. The van der Waals surface area contributed by atoms with Crippen molar-refractivity contribution < 1.29 is 9.90 Å². The smallest absolute Gasteiger partial charge is 0.335 e. The monoisotopic (exact) mass is 217 g/mol. The third-order valence-electron chi connectivity index (χ3n) is 2.89. The van der Waals surface area contributed by atoms with Crippen LogP contribution >= 0.6 is 0 Å². The van der Waals surface area contributed by atoms with Gasteiger partial charge in [0.1, 0.15) is 5.52 Å². The van der Waals surface area contributed by atoms with Crippen LogP contribution in [0, 0.1) is 5.92 Å². The van der Waals surface area contributed by atoms with Gasteiger partial charge in [0.15, 0.2) is 0 Å². The van der Waals surface area contributed by atoms with E-state index < -0.39 is 5.97 Å². The summed E-state index contributed by atoms with van der Waals surface area (Å²) in [4.78, 5) is 10.9. The maximum absolute atomic E-state index is 10.9. The Morgan fingerprint density at radius 2 is 2.31 bits per heavy atom. The first-order valence-corrected chi connectivity index (χ1v) is 5.30. The molecule has 1 heterocycles. The molecular weight excluding hydrogens is 206 g/mol. The summed E-state index contributed by atoms with van der Waals surface area (Å²) in [6, 6.07) is 4.90. The topological polar surface area (TPSA) is 68.0 Å². The normalized spacial score (nSPS) is 15.5. The standard InChI is InChI=1S/C11H11N3O2/c15-11(16)8-3-4-9-10(5-8)14(13-12-9)6-7-1-2-7/h3-5,7H,1-2,6H2,(H,15,16). The lowest BCUT2D eigenvalue weighted by Crippen LogP contribution is -2.03. The van der Waals surface area contributed by atoms with Crippen LogP contribution in [0.1, 0.15) is 23.2 Å². The highest BCUT2D eigenvalue weighted by Crippen LogP contribution is 2.31. The van der Waals surface area contributed by atoms with E-state index in [1.54, 1.807) is 22.9 Å². The molecule has 1 aromatic heterocycles. The van der Waals surface area contributed by atoms with Gasteiger partial charge in [-0.2, -0.15) is 0 Å². The van der Waals surface area contributed by atoms with Crippen LogP contribution in [0.3, 0.4) is 0 Å². The largest absolute Gasteiger partial charge is 0.478 e. The molecule has 0 radical (unpaired) electrons. The van der Waals surface area contributed by atoms with Gasteiger partial charge in [0, 0.05) is 6.54 Å². The molecule has 0 saturated heterocycles. The molecule has 5 nitrogen and oxygen atoms in total. The van der Waals surface area contributed by atoms with Gasteiger partial charge < -0.3 is 5.11 Å². The molecule has 0 spiro atoms. The second-order valence-electron chi connectivity index (χ2n) is 4.22. The molecule has 0 atom stereocenters. The van der Waals surface area contributed by atoms with Gasteiger partial charge in [0.25, 0.3) is 0 Å². The lowest BCUT2D eigenvalue weighted by Gasteiger charge is -2.00. The number of fused-ring (bicyclic) bond motifs is 1. The van der Waals surface area contributed by atoms with Crippen molar-refractivity contribution in [2.24, 2.45) is 5.92 Å². The van der Waals surface area contributed by atoms with Gasteiger partial charge in [-0.1, -0.05) is 5.21 Å². The van der Waals surface area contributed by atoms with Gasteiger partial charge in [0.2, 0.25) is 0 Å². The average Bonchev–Trinajstić information content (AvgIpc) is 2.99. The van der Waals surface area contributed by atoms with Crippen LogP contribution in [0.2, 0.25) is 0 Å². The number of rotatable bonds is 3. The van der Waals surface area contributed by atoms with Crippen LogP contribution in [0.4, 0.5) is 0 Å². The fourth-order valence-corrected chi connectivity index (χ4v) is 1.78. The van der Waals surface area contributed by atoms with Crippen molar-refractivity contribution >= 4 is 17.0 Å². The number of hydrogen-bond acceptors (Lipinski definition) is 3. The second-order valence-corrected chi connectivity index (χ2v) is 4.22. The minimum Gasteiger partial charge on any atom is -0.478 e. The highest BCUT2D eigenvalue weighted by Gasteiger charge is 2.23. The Bertz CT molecular complexity index is 557. The van der Waals surface area contributed by atoms with Crippen molar-refractivity contribution in [2.75, 3.05) is 0 Å². The van der Waals surface area contributed by atoms with Crippen LogP contribution in [0.25, 0.3) is 11.0 Å². The molecule has 5 heteroatoms. The quantitative estimate of drug-likeness (QED) is 0.846. The molecule has 0 unspecified atom stereocenters. The molecule has 1 N–H and O–H groups in total. The van der Waals surface area contributed by atoms with Gasteiger partial charge in [-0.3, -0.25) is 0 Å². The summed E-state index contributed by atoms with van der Waals surface area (Å²) in [7, 11) is 0.